The first-order chi connectivity index (χ1) is 18.3. The molecule has 10 heteroatoms. The summed E-state index contributed by atoms with van der Waals surface area (Å²) in [6, 6.07) is 10.4. The summed E-state index contributed by atoms with van der Waals surface area (Å²) in [6.07, 6.45) is 2.18. The molecule has 4 aliphatic rings. The third kappa shape index (κ3) is 3.28. The van der Waals surface area contributed by atoms with Crippen LogP contribution in [0.2, 0.25) is 0 Å². The number of allylic oxidation sites excluding steroid dienone is 2. The van der Waals surface area contributed by atoms with Gasteiger partial charge in [0.25, 0.3) is 11.8 Å². The molecule has 1 N–H and O–H groups in total. The minimum atomic E-state index is -1.89. The Bertz CT molecular complexity index is 1520. The van der Waals surface area contributed by atoms with Gasteiger partial charge in [-0.1, -0.05) is 57.9 Å². The van der Waals surface area contributed by atoms with Crippen LogP contribution in [0.15, 0.2) is 48.0 Å². The van der Waals surface area contributed by atoms with Crippen LogP contribution in [0.5, 0.6) is 5.75 Å². The highest BCUT2D eigenvalue weighted by Gasteiger charge is 2.76. The lowest BCUT2D eigenvalue weighted by Gasteiger charge is -2.51. The number of phenols is 1. The number of halogens is 3. The highest BCUT2D eigenvalue weighted by Crippen LogP contribution is 2.66. The molecule has 2 aliphatic carbocycles. The number of nitrogens with zero attached hydrogens (tertiary/aromatic N) is 2. The molecule has 204 valence electrons. The Morgan fingerprint density at radius 1 is 0.974 bits per heavy atom. The smallest absolute Gasteiger partial charge is 0.254 e. The van der Waals surface area contributed by atoms with Crippen LogP contribution < -0.4 is 0 Å². The van der Waals surface area contributed by atoms with Crippen molar-refractivity contribution in [1.29, 1.82) is 0 Å². The minimum absolute atomic E-state index is 0.0529. The molecule has 0 radical (unpaired) electrons. The number of aromatic hydroxyl groups is 1. The minimum Gasteiger partial charge on any atom is -0.507 e. The van der Waals surface area contributed by atoms with Crippen LogP contribution in [0.3, 0.4) is 0 Å². The fourth-order valence-corrected chi connectivity index (χ4v) is 8.74. The second kappa shape index (κ2) is 8.54. The van der Waals surface area contributed by atoms with E-state index in [-0.39, 0.29) is 29.4 Å². The number of hydrogen-bond donors (Lipinski definition) is 1. The molecule has 2 aromatic carbocycles. The van der Waals surface area contributed by atoms with Gasteiger partial charge >= 0.3 is 0 Å². The zero-order valence-electron chi connectivity index (χ0n) is 21.6. The number of amides is 4. The molecule has 0 aromatic heterocycles. The zero-order chi connectivity index (χ0) is 28.2. The number of benzene rings is 2. The van der Waals surface area contributed by atoms with Gasteiger partial charge in [0.2, 0.25) is 11.8 Å². The maximum atomic E-state index is 13.9. The van der Waals surface area contributed by atoms with E-state index in [1.807, 2.05) is 39.0 Å². The summed E-state index contributed by atoms with van der Waals surface area (Å²) in [5.41, 5.74) is 0.558. The topological polar surface area (TPSA) is 95.0 Å². The van der Waals surface area contributed by atoms with Crippen LogP contribution in [0.1, 0.15) is 45.1 Å². The van der Waals surface area contributed by atoms with E-state index in [9.17, 15) is 24.3 Å². The number of imide groups is 2. The fourth-order valence-electron chi connectivity index (χ4n) is 7.32. The van der Waals surface area contributed by atoms with Crippen molar-refractivity contribution >= 4 is 73.5 Å². The molecule has 0 spiro atoms. The zero-order valence-corrected chi connectivity index (χ0v) is 24.7. The Hall–Kier alpha value is -2.42. The number of likely N-dealkylation sites (tertiary alicyclic amines) is 2. The van der Waals surface area contributed by atoms with E-state index in [2.05, 4.69) is 15.9 Å². The lowest BCUT2D eigenvalue weighted by molar-refractivity contribution is -0.146. The highest BCUT2D eigenvalue weighted by atomic mass is 79.9. The van der Waals surface area contributed by atoms with E-state index in [0.29, 0.717) is 22.8 Å². The van der Waals surface area contributed by atoms with Gasteiger partial charge in [-0.2, -0.15) is 0 Å². The number of hydrogen-bond acceptors (Lipinski definition) is 5. The molecule has 2 aliphatic heterocycles. The Balaban J connectivity index is 1.62. The van der Waals surface area contributed by atoms with Gasteiger partial charge in [-0.05, 0) is 56.5 Å². The number of fused-ring (bicyclic) bond motifs is 5. The maximum absolute atomic E-state index is 13.9. The van der Waals surface area contributed by atoms with E-state index in [4.69, 9.17) is 23.2 Å². The van der Waals surface area contributed by atoms with Crippen molar-refractivity contribution in [2.45, 2.75) is 54.8 Å². The summed E-state index contributed by atoms with van der Waals surface area (Å²) in [4.78, 5) is 53.7. The predicted molar refractivity (Wildman–Crippen MR) is 151 cm³/mol. The average Bonchev–Trinajstić information content (AvgIpc) is 3.23. The molecule has 39 heavy (non-hydrogen) atoms. The molecule has 2 heterocycles. The average molecular weight is 634 g/mol. The molecular formula is C29H27BrCl2N2O5. The van der Waals surface area contributed by atoms with Gasteiger partial charge in [-0.25, -0.2) is 0 Å². The first-order valence-corrected chi connectivity index (χ1v) is 14.8. The molecule has 4 amide bonds. The van der Waals surface area contributed by atoms with Crippen LogP contribution in [-0.2, 0) is 19.2 Å². The van der Waals surface area contributed by atoms with Gasteiger partial charge in [0.15, 0.2) is 9.75 Å². The first kappa shape index (κ1) is 26.8. The van der Waals surface area contributed by atoms with Gasteiger partial charge in [-0.3, -0.25) is 29.0 Å². The standard InChI is InChI=1S/C29H27BrCl2N2O5/c1-27(2,3)34-23(36)18-9-8-17-19(21(18)24(34)37)12-28(31)25(38)33(13-30)26(39)29(28,32)22(17)16-10-11-20(35)15-7-5-4-6-14(15)16/h4-8,10-11,18-19,21-22,35H,9,12-13H2,1-3H3. The van der Waals surface area contributed by atoms with E-state index < -0.39 is 50.8 Å². The highest BCUT2D eigenvalue weighted by molar-refractivity contribution is 9.09. The van der Waals surface area contributed by atoms with Crippen molar-refractivity contribution in [3.63, 3.8) is 0 Å². The van der Waals surface area contributed by atoms with Crippen LogP contribution in [0, 0.1) is 17.8 Å². The molecule has 2 aromatic rings. The molecule has 1 saturated carbocycles. The van der Waals surface area contributed by atoms with Crippen molar-refractivity contribution in [1.82, 2.24) is 9.80 Å². The van der Waals surface area contributed by atoms with Crippen molar-refractivity contribution in [3.8, 4) is 5.75 Å². The Morgan fingerprint density at radius 2 is 1.64 bits per heavy atom. The fraction of sp³-hybridized carbons (Fsp3) is 0.448. The summed E-state index contributed by atoms with van der Waals surface area (Å²) in [6.45, 7) is 5.46. The van der Waals surface area contributed by atoms with Gasteiger partial charge in [0, 0.05) is 16.8 Å². The van der Waals surface area contributed by atoms with Gasteiger partial charge in [0.1, 0.15) is 5.75 Å². The van der Waals surface area contributed by atoms with E-state index >= 15 is 0 Å². The van der Waals surface area contributed by atoms with Crippen LogP contribution in [0.25, 0.3) is 10.8 Å². The SMILES string of the molecule is CC(C)(C)N1C(=O)C2CC=C3C(CC4(Cl)C(=O)N(CBr)C(=O)C4(Cl)C3c3ccc(O)c4ccccc34)C2C1=O. The second-order valence-electron chi connectivity index (χ2n) is 11.9. The molecular weight excluding hydrogens is 607 g/mol. The Kier molecular flexibility index (Phi) is 5.87. The maximum Gasteiger partial charge on any atom is 0.254 e. The molecule has 0 bridgehead atoms. The molecule has 6 rings (SSSR count). The van der Waals surface area contributed by atoms with Crippen LogP contribution in [-0.4, -0.2) is 59.3 Å². The molecule has 2 saturated heterocycles. The number of rotatable bonds is 2. The van der Waals surface area contributed by atoms with Crippen LogP contribution >= 0.6 is 39.1 Å². The molecule has 3 fully saturated rings. The Labute approximate surface area is 244 Å². The number of carbonyl (C=O) groups excluding carboxylic acids is 4. The lowest BCUT2D eigenvalue weighted by atomic mass is 9.56. The van der Waals surface area contributed by atoms with Gasteiger partial charge in [-0.15, -0.1) is 23.2 Å². The predicted octanol–water partition coefficient (Wildman–Crippen LogP) is 5.06. The first-order valence-electron chi connectivity index (χ1n) is 12.9. The van der Waals surface area contributed by atoms with Crippen molar-refractivity contribution in [2.24, 2.45) is 17.8 Å². The van der Waals surface area contributed by atoms with E-state index in [1.165, 1.54) is 4.90 Å². The monoisotopic (exact) mass is 632 g/mol. The van der Waals surface area contributed by atoms with Crippen LogP contribution in [0.4, 0.5) is 0 Å². The summed E-state index contributed by atoms with van der Waals surface area (Å²) < 4.78 is 0. The number of phenolic OH excluding ortho intramolecular Hbond substituents is 1. The summed E-state index contributed by atoms with van der Waals surface area (Å²) in [5, 5.41) is 11.8. The normalized spacial score (nSPS) is 34.4. The third-order valence-electron chi connectivity index (χ3n) is 8.93. The van der Waals surface area contributed by atoms with Crippen molar-refractivity contribution in [2.75, 3.05) is 5.45 Å². The number of alkyl halides is 3. The second-order valence-corrected chi connectivity index (χ2v) is 13.6. The third-order valence-corrected chi connectivity index (χ3v) is 10.8. The molecule has 6 atom stereocenters. The summed E-state index contributed by atoms with van der Waals surface area (Å²) in [5.74, 6) is -4.47. The number of carbonyl (C=O) groups is 4. The quantitative estimate of drug-likeness (QED) is 0.216. The lowest BCUT2D eigenvalue weighted by Crippen LogP contribution is -2.60. The van der Waals surface area contributed by atoms with Gasteiger partial charge < -0.3 is 5.11 Å². The molecule has 7 nitrogen and oxygen atoms in total. The van der Waals surface area contributed by atoms with Gasteiger partial charge in [0.05, 0.1) is 17.3 Å². The summed E-state index contributed by atoms with van der Waals surface area (Å²) in [7, 11) is 0. The van der Waals surface area contributed by atoms with E-state index in [0.717, 1.165) is 10.5 Å². The molecule has 6 unspecified atom stereocenters. The largest absolute Gasteiger partial charge is 0.507 e. The van der Waals surface area contributed by atoms with Crippen molar-refractivity contribution in [3.05, 3.63) is 53.6 Å². The van der Waals surface area contributed by atoms with E-state index in [1.54, 1.807) is 24.3 Å². The summed E-state index contributed by atoms with van der Waals surface area (Å²) >= 11 is 17.8. The Morgan fingerprint density at radius 3 is 2.28 bits per heavy atom. The van der Waals surface area contributed by atoms with Crippen molar-refractivity contribution < 1.29 is 24.3 Å².